The molecule has 0 saturated carbocycles. The Morgan fingerprint density at radius 2 is 1.71 bits per heavy atom. The first-order chi connectivity index (χ1) is 16.4. The summed E-state index contributed by atoms with van der Waals surface area (Å²) >= 11 is 0. The van der Waals surface area contributed by atoms with E-state index in [1.807, 2.05) is 31.2 Å². The van der Waals surface area contributed by atoms with Crippen molar-refractivity contribution < 1.29 is 28.9 Å². The number of ether oxygens (including phenoxy) is 3. The van der Waals surface area contributed by atoms with Crippen molar-refractivity contribution in [3.05, 3.63) is 83.4 Å². The van der Waals surface area contributed by atoms with Crippen molar-refractivity contribution in [1.82, 2.24) is 0 Å². The summed E-state index contributed by atoms with van der Waals surface area (Å²) in [5, 5.41) is 11.5. The van der Waals surface area contributed by atoms with Gasteiger partial charge in [0, 0.05) is 5.56 Å². The number of fused-ring (bicyclic) bond motifs is 1. The number of para-hydroxylation sites is 2. The molecule has 0 aromatic heterocycles. The van der Waals surface area contributed by atoms with Crippen LogP contribution in [0.15, 0.2) is 66.7 Å². The summed E-state index contributed by atoms with van der Waals surface area (Å²) in [7, 11) is 2.96. The van der Waals surface area contributed by atoms with E-state index in [0.29, 0.717) is 22.7 Å². The molecule has 1 atom stereocenters. The number of carbonyl (C=O) groups excluding carboxylic acids is 2. The van der Waals surface area contributed by atoms with Gasteiger partial charge in [-0.1, -0.05) is 36.4 Å². The zero-order valence-corrected chi connectivity index (χ0v) is 19.4. The summed E-state index contributed by atoms with van der Waals surface area (Å²) < 4.78 is 16.4. The molecule has 1 N–H and O–H groups in total. The molecule has 3 aromatic rings. The minimum absolute atomic E-state index is 0.225. The van der Waals surface area contributed by atoms with Gasteiger partial charge >= 0.3 is 0 Å². The summed E-state index contributed by atoms with van der Waals surface area (Å²) in [4.78, 5) is 28.2. The SMILES string of the molecule is COc1ccc(OC)c(C(=O)CC2(O)C(=O)N(CCOc3ccccc3C)c3ccccc32)c1. The van der Waals surface area contributed by atoms with Crippen molar-refractivity contribution >= 4 is 17.4 Å². The van der Waals surface area contributed by atoms with Crippen LogP contribution < -0.4 is 19.1 Å². The van der Waals surface area contributed by atoms with Gasteiger partial charge < -0.3 is 24.2 Å². The number of amides is 1. The number of rotatable bonds is 9. The molecule has 7 heteroatoms. The fourth-order valence-electron chi connectivity index (χ4n) is 4.22. The summed E-state index contributed by atoms with van der Waals surface area (Å²) in [6.07, 6.45) is -0.429. The Labute approximate surface area is 198 Å². The Hall–Kier alpha value is -3.84. The maximum Gasteiger partial charge on any atom is 0.264 e. The number of anilines is 1. The number of hydrogen-bond acceptors (Lipinski definition) is 6. The van der Waals surface area contributed by atoms with Crippen LogP contribution in [0.1, 0.15) is 27.9 Å². The predicted molar refractivity (Wildman–Crippen MR) is 128 cm³/mol. The van der Waals surface area contributed by atoms with Gasteiger partial charge in [-0.2, -0.15) is 0 Å². The van der Waals surface area contributed by atoms with Crippen LogP contribution >= 0.6 is 0 Å². The number of ketones is 1. The Balaban J connectivity index is 1.58. The van der Waals surface area contributed by atoms with Crippen LogP contribution in [-0.4, -0.2) is 44.2 Å². The molecule has 1 amide bonds. The molecule has 1 unspecified atom stereocenters. The normalized spacial score (nSPS) is 16.8. The summed E-state index contributed by atoms with van der Waals surface area (Å²) in [5.74, 6) is 0.565. The number of Topliss-reactive ketones (excluding diaryl/α,β-unsaturated/α-hetero) is 1. The molecule has 7 nitrogen and oxygen atoms in total. The number of methoxy groups -OCH3 is 2. The maximum atomic E-state index is 13.5. The van der Waals surface area contributed by atoms with E-state index in [1.165, 1.54) is 19.1 Å². The van der Waals surface area contributed by atoms with Gasteiger partial charge in [0.2, 0.25) is 0 Å². The molecule has 0 aliphatic carbocycles. The number of aliphatic hydroxyl groups is 1. The van der Waals surface area contributed by atoms with E-state index in [9.17, 15) is 14.7 Å². The van der Waals surface area contributed by atoms with Gasteiger partial charge in [0.25, 0.3) is 5.91 Å². The van der Waals surface area contributed by atoms with E-state index in [-0.39, 0.29) is 18.7 Å². The van der Waals surface area contributed by atoms with Gasteiger partial charge in [-0.3, -0.25) is 9.59 Å². The Bertz CT molecular complexity index is 1220. The van der Waals surface area contributed by atoms with Crippen LogP contribution in [0.5, 0.6) is 17.2 Å². The highest BCUT2D eigenvalue weighted by atomic mass is 16.5. The van der Waals surface area contributed by atoms with Gasteiger partial charge in [0.1, 0.15) is 23.9 Å². The topological polar surface area (TPSA) is 85.3 Å². The van der Waals surface area contributed by atoms with Gasteiger partial charge in [0.15, 0.2) is 11.4 Å². The van der Waals surface area contributed by atoms with Crippen LogP contribution in [0.2, 0.25) is 0 Å². The highest BCUT2D eigenvalue weighted by Crippen LogP contribution is 2.43. The second-order valence-corrected chi connectivity index (χ2v) is 8.11. The third-order valence-corrected chi connectivity index (χ3v) is 6.03. The first-order valence-corrected chi connectivity index (χ1v) is 11.0. The van der Waals surface area contributed by atoms with E-state index in [1.54, 1.807) is 42.5 Å². The minimum atomic E-state index is -2.00. The molecule has 4 rings (SSSR count). The van der Waals surface area contributed by atoms with Gasteiger partial charge in [-0.25, -0.2) is 0 Å². The lowest BCUT2D eigenvalue weighted by Crippen LogP contribution is -2.43. The molecule has 1 aliphatic heterocycles. The molecule has 0 bridgehead atoms. The van der Waals surface area contributed by atoms with Crippen molar-refractivity contribution in [1.29, 1.82) is 0 Å². The first kappa shape index (κ1) is 23.3. The molecule has 34 heavy (non-hydrogen) atoms. The molecule has 1 heterocycles. The second-order valence-electron chi connectivity index (χ2n) is 8.11. The quantitative estimate of drug-likeness (QED) is 0.487. The van der Waals surface area contributed by atoms with Crippen LogP contribution in [-0.2, 0) is 10.4 Å². The van der Waals surface area contributed by atoms with Crippen molar-refractivity contribution in [2.45, 2.75) is 18.9 Å². The maximum absolute atomic E-state index is 13.5. The predicted octanol–water partition coefficient (Wildman–Crippen LogP) is 3.90. The van der Waals surface area contributed by atoms with Crippen LogP contribution in [0, 0.1) is 6.92 Å². The molecule has 176 valence electrons. The number of benzene rings is 3. The van der Waals surface area contributed by atoms with Crippen LogP contribution in [0.25, 0.3) is 0 Å². The Morgan fingerprint density at radius 3 is 2.44 bits per heavy atom. The fourth-order valence-corrected chi connectivity index (χ4v) is 4.22. The van der Waals surface area contributed by atoms with Crippen molar-refractivity contribution in [2.24, 2.45) is 0 Å². The van der Waals surface area contributed by atoms with E-state index >= 15 is 0 Å². The third kappa shape index (κ3) is 4.22. The van der Waals surface area contributed by atoms with Crippen LogP contribution in [0.3, 0.4) is 0 Å². The Morgan fingerprint density at radius 1 is 0.971 bits per heavy atom. The summed E-state index contributed by atoms with van der Waals surface area (Å²) in [5.41, 5.74) is 0.191. The largest absolute Gasteiger partial charge is 0.497 e. The molecular weight excluding hydrogens is 434 g/mol. The summed E-state index contributed by atoms with van der Waals surface area (Å²) in [6, 6.07) is 19.4. The molecule has 3 aromatic carbocycles. The highest BCUT2D eigenvalue weighted by Gasteiger charge is 2.50. The average Bonchev–Trinajstić information content (AvgIpc) is 3.06. The lowest BCUT2D eigenvalue weighted by atomic mass is 9.88. The molecular formula is C27H27NO6. The van der Waals surface area contributed by atoms with Crippen molar-refractivity contribution in [2.75, 3.05) is 32.3 Å². The van der Waals surface area contributed by atoms with E-state index in [2.05, 4.69) is 0 Å². The zero-order chi connectivity index (χ0) is 24.3. The van der Waals surface area contributed by atoms with Crippen molar-refractivity contribution in [3.8, 4) is 17.2 Å². The monoisotopic (exact) mass is 461 g/mol. The fraction of sp³-hybridized carbons (Fsp3) is 0.259. The number of nitrogens with zero attached hydrogens (tertiary/aromatic N) is 1. The van der Waals surface area contributed by atoms with Gasteiger partial charge in [-0.15, -0.1) is 0 Å². The average molecular weight is 462 g/mol. The molecule has 1 aliphatic rings. The third-order valence-electron chi connectivity index (χ3n) is 6.03. The number of carbonyl (C=O) groups is 2. The van der Waals surface area contributed by atoms with E-state index in [0.717, 1.165) is 11.3 Å². The van der Waals surface area contributed by atoms with Gasteiger partial charge in [-0.05, 0) is 42.8 Å². The lowest BCUT2D eigenvalue weighted by Gasteiger charge is -2.23. The van der Waals surface area contributed by atoms with Crippen molar-refractivity contribution in [3.63, 3.8) is 0 Å². The highest BCUT2D eigenvalue weighted by molar-refractivity contribution is 6.11. The molecule has 0 spiro atoms. The summed E-state index contributed by atoms with van der Waals surface area (Å²) in [6.45, 7) is 2.41. The minimum Gasteiger partial charge on any atom is -0.497 e. The molecule has 0 radical (unpaired) electrons. The Kier molecular flexibility index (Phi) is 6.56. The molecule has 0 saturated heterocycles. The lowest BCUT2D eigenvalue weighted by molar-refractivity contribution is -0.135. The standard InChI is InChI=1S/C27H27NO6/c1-18-8-4-7-11-24(18)34-15-14-28-22-10-6-5-9-21(22)27(31,26(28)30)17-23(29)20-16-19(32-2)12-13-25(20)33-3/h4-13,16,31H,14-15,17H2,1-3H3. The van der Waals surface area contributed by atoms with E-state index in [4.69, 9.17) is 14.2 Å². The second kappa shape index (κ2) is 9.57. The number of aryl methyl sites for hydroxylation is 1. The first-order valence-electron chi connectivity index (χ1n) is 11.0. The smallest absolute Gasteiger partial charge is 0.264 e. The molecule has 0 fully saturated rings. The zero-order valence-electron chi connectivity index (χ0n) is 19.4. The van der Waals surface area contributed by atoms with E-state index < -0.39 is 23.7 Å². The van der Waals surface area contributed by atoms with Crippen LogP contribution in [0.4, 0.5) is 5.69 Å². The number of hydrogen-bond donors (Lipinski definition) is 1. The van der Waals surface area contributed by atoms with Gasteiger partial charge in [0.05, 0.1) is 38.4 Å².